The van der Waals surface area contributed by atoms with Gasteiger partial charge in [-0.15, -0.1) is 11.3 Å². The Hall–Kier alpha value is -2.77. The van der Waals surface area contributed by atoms with Crippen LogP contribution in [-0.2, 0) is 4.79 Å². The van der Waals surface area contributed by atoms with E-state index in [-0.39, 0.29) is 23.8 Å². The quantitative estimate of drug-likeness (QED) is 0.564. The number of amides is 2. The van der Waals surface area contributed by atoms with E-state index in [4.69, 9.17) is 11.6 Å². The average Bonchev–Trinajstić information content (AvgIpc) is 3.23. The molecular weight excluding hydrogens is 420 g/mol. The smallest absolute Gasteiger partial charge is 0.251 e. The molecule has 2 unspecified atom stereocenters. The molecule has 0 aliphatic heterocycles. The number of carbonyl (C=O) groups is 2. The first kappa shape index (κ1) is 21.9. The monoisotopic (exact) mass is 442 g/mol. The molecule has 0 radical (unpaired) electrons. The van der Waals surface area contributed by atoms with Crippen LogP contribution in [0.15, 0.2) is 54.2 Å². The van der Waals surface area contributed by atoms with Gasteiger partial charge >= 0.3 is 0 Å². The van der Waals surface area contributed by atoms with E-state index in [0.29, 0.717) is 10.6 Å². The lowest BCUT2D eigenvalue weighted by Crippen LogP contribution is -2.50. The maximum absolute atomic E-state index is 12.9. The minimum atomic E-state index is -0.671. The number of pyridine rings is 1. The molecule has 0 saturated heterocycles. The number of nitrogens with zero attached hydrogens (tertiary/aromatic N) is 2. The zero-order valence-corrected chi connectivity index (χ0v) is 18.5. The molecule has 2 aromatic heterocycles. The van der Waals surface area contributed by atoms with E-state index in [0.717, 1.165) is 16.3 Å². The van der Waals surface area contributed by atoms with E-state index in [1.54, 1.807) is 36.7 Å². The zero-order valence-electron chi connectivity index (χ0n) is 16.9. The third-order valence-corrected chi connectivity index (χ3v) is 5.85. The molecule has 0 spiro atoms. The number of thiazole rings is 1. The average molecular weight is 443 g/mol. The van der Waals surface area contributed by atoms with Gasteiger partial charge in [0.1, 0.15) is 11.0 Å². The molecule has 0 aliphatic carbocycles. The predicted octanol–water partition coefficient (Wildman–Crippen LogP) is 4.49. The van der Waals surface area contributed by atoms with Gasteiger partial charge in [0.05, 0.1) is 11.7 Å². The standard InChI is InChI=1S/C22H23ClN4O2S/c1-13(2)19(27-20(28)16-4-6-17(23)7-5-16)21(29)25-14(3)22-26-18(12-30-22)15-8-10-24-11-9-15/h4-14,19H,1-3H3,(H,25,29)(H,27,28). The van der Waals surface area contributed by atoms with Gasteiger partial charge in [-0.3, -0.25) is 14.6 Å². The van der Waals surface area contributed by atoms with Crippen molar-refractivity contribution in [2.24, 2.45) is 5.92 Å². The highest BCUT2D eigenvalue weighted by Gasteiger charge is 2.26. The van der Waals surface area contributed by atoms with Gasteiger partial charge in [0.2, 0.25) is 5.91 Å². The molecule has 3 rings (SSSR count). The minimum Gasteiger partial charge on any atom is -0.345 e. The van der Waals surface area contributed by atoms with Crippen molar-refractivity contribution in [2.45, 2.75) is 32.9 Å². The van der Waals surface area contributed by atoms with Crippen molar-refractivity contribution < 1.29 is 9.59 Å². The number of carbonyl (C=O) groups excluding carboxylic acids is 2. The van der Waals surface area contributed by atoms with Crippen LogP contribution >= 0.6 is 22.9 Å². The lowest BCUT2D eigenvalue weighted by atomic mass is 10.0. The van der Waals surface area contributed by atoms with Crippen molar-refractivity contribution in [2.75, 3.05) is 0 Å². The van der Waals surface area contributed by atoms with Crippen LogP contribution in [0, 0.1) is 5.92 Å². The Labute approximate surface area is 184 Å². The number of halogens is 1. The fraction of sp³-hybridized carbons (Fsp3) is 0.273. The molecule has 2 amide bonds. The fourth-order valence-electron chi connectivity index (χ4n) is 2.87. The molecule has 0 bridgehead atoms. The van der Waals surface area contributed by atoms with E-state index in [1.807, 2.05) is 38.3 Å². The van der Waals surface area contributed by atoms with Gasteiger partial charge in [0.15, 0.2) is 0 Å². The van der Waals surface area contributed by atoms with E-state index in [9.17, 15) is 9.59 Å². The fourth-order valence-corrected chi connectivity index (χ4v) is 3.83. The summed E-state index contributed by atoms with van der Waals surface area (Å²) >= 11 is 7.36. The van der Waals surface area contributed by atoms with Gasteiger partial charge in [-0.25, -0.2) is 4.98 Å². The number of rotatable bonds is 7. The molecule has 30 heavy (non-hydrogen) atoms. The Balaban J connectivity index is 1.66. The molecule has 8 heteroatoms. The van der Waals surface area contributed by atoms with Crippen LogP contribution in [0.2, 0.25) is 5.02 Å². The van der Waals surface area contributed by atoms with E-state index in [1.165, 1.54) is 11.3 Å². The molecule has 3 aromatic rings. The summed E-state index contributed by atoms with van der Waals surface area (Å²) < 4.78 is 0. The van der Waals surface area contributed by atoms with E-state index >= 15 is 0 Å². The first-order chi connectivity index (χ1) is 14.3. The van der Waals surface area contributed by atoms with Crippen molar-refractivity contribution in [1.82, 2.24) is 20.6 Å². The lowest BCUT2D eigenvalue weighted by Gasteiger charge is -2.23. The first-order valence-electron chi connectivity index (χ1n) is 9.57. The van der Waals surface area contributed by atoms with Gasteiger partial charge < -0.3 is 10.6 Å². The molecule has 1 aromatic carbocycles. The second-order valence-corrected chi connectivity index (χ2v) is 8.57. The van der Waals surface area contributed by atoms with E-state index < -0.39 is 6.04 Å². The Morgan fingerprint density at radius 1 is 1.00 bits per heavy atom. The topological polar surface area (TPSA) is 84.0 Å². The van der Waals surface area contributed by atoms with Crippen LogP contribution in [0.3, 0.4) is 0 Å². The number of nitrogens with one attached hydrogen (secondary N) is 2. The summed E-state index contributed by atoms with van der Waals surface area (Å²) in [5.74, 6) is -0.653. The predicted molar refractivity (Wildman–Crippen MR) is 119 cm³/mol. The summed E-state index contributed by atoms with van der Waals surface area (Å²) in [7, 11) is 0. The number of hydrogen-bond donors (Lipinski definition) is 2. The summed E-state index contributed by atoms with van der Waals surface area (Å²) in [5.41, 5.74) is 2.27. The SMILES string of the molecule is CC(NC(=O)C(NC(=O)c1ccc(Cl)cc1)C(C)C)c1nc(-c2ccncc2)cs1. The van der Waals surface area contributed by atoms with Crippen molar-refractivity contribution >= 4 is 34.8 Å². The Kier molecular flexibility index (Phi) is 7.18. The highest BCUT2D eigenvalue weighted by Crippen LogP contribution is 2.25. The summed E-state index contributed by atoms with van der Waals surface area (Å²) in [6.45, 7) is 5.66. The first-order valence-corrected chi connectivity index (χ1v) is 10.8. The molecule has 0 aliphatic rings. The molecular formula is C22H23ClN4O2S. The highest BCUT2D eigenvalue weighted by molar-refractivity contribution is 7.10. The van der Waals surface area contributed by atoms with Gasteiger partial charge in [-0.2, -0.15) is 0 Å². The molecule has 2 heterocycles. The Morgan fingerprint density at radius 2 is 1.67 bits per heavy atom. The van der Waals surface area contributed by atoms with Crippen molar-refractivity contribution in [3.63, 3.8) is 0 Å². The summed E-state index contributed by atoms with van der Waals surface area (Å²) in [6.07, 6.45) is 3.44. The van der Waals surface area contributed by atoms with Crippen LogP contribution in [0.5, 0.6) is 0 Å². The largest absolute Gasteiger partial charge is 0.345 e. The lowest BCUT2D eigenvalue weighted by molar-refractivity contribution is -0.124. The van der Waals surface area contributed by atoms with Crippen molar-refractivity contribution in [1.29, 1.82) is 0 Å². The number of benzene rings is 1. The third-order valence-electron chi connectivity index (χ3n) is 4.57. The minimum absolute atomic E-state index is 0.0860. The van der Waals surface area contributed by atoms with Crippen LogP contribution < -0.4 is 10.6 Å². The van der Waals surface area contributed by atoms with Crippen LogP contribution in [0.1, 0.15) is 42.2 Å². The van der Waals surface area contributed by atoms with Crippen LogP contribution in [0.25, 0.3) is 11.3 Å². The van der Waals surface area contributed by atoms with Gasteiger partial charge in [-0.1, -0.05) is 25.4 Å². The molecule has 0 fully saturated rings. The number of aromatic nitrogens is 2. The Morgan fingerprint density at radius 3 is 2.30 bits per heavy atom. The summed E-state index contributed by atoms with van der Waals surface area (Å²) in [5, 5.41) is 9.09. The summed E-state index contributed by atoms with van der Waals surface area (Å²) in [6, 6.07) is 9.38. The molecule has 2 atom stereocenters. The Bertz CT molecular complexity index is 1010. The van der Waals surface area contributed by atoms with Crippen LogP contribution in [-0.4, -0.2) is 27.8 Å². The second-order valence-electron chi connectivity index (χ2n) is 7.24. The van der Waals surface area contributed by atoms with E-state index in [2.05, 4.69) is 20.6 Å². The number of hydrogen-bond acceptors (Lipinski definition) is 5. The summed E-state index contributed by atoms with van der Waals surface area (Å²) in [4.78, 5) is 34.1. The second kappa shape index (κ2) is 9.82. The van der Waals surface area contributed by atoms with Crippen molar-refractivity contribution in [3.05, 3.63) is 69.8 Å². The van der Waals surface area contributed by atoms with Gasteiger partial charge in [-0.05, 0) is 49.2 Å². The third kappa shape index (κ3) is 5.43. The maximum Gasteiger partial charge on any atom is 0.251 e. The zero-order chi connectivity index (χ0) is 21.7. The highest BCUT2D eigenvalue weighted by atomic mass is 35.5. The van der Waals surface area contributed by atoms with Crippen LogP contribution in [0.4, 0.5) is 0 Å². The normalized spacial score (nSPS) is 13.0. The molecule has 0 saturated carbocycles. The van der Waals surface area contributed by atoms with Gasteiger partial charge in [0.25, 0.3) is 5.91 Å². The maximum atomic E-state index is 12.9. The van der Waals surface area contributed by atoms with Gasteiger partial charge in [0, 0.05) is 33.9 Å². The van der Waals surface area contributed by atoms with Crippen molar-refractivity contribution in [3.8, 4) is 11.3 Å². The molecule has 6 nitrogen and oxygen atoms in total. The molecule has 156 valence electrons. The molecule has 2 N–H and O–H groups in total.